The van der Waals surface area contributed by atoms with Gasteiger partial charge in [0, 0.05) is 5.92 Å². The van der Waals surface area contributed by atoms with Crippen LogP contribution in [0.4, 0.5) is 0 Å². The summed E-state index contributed by atoms with van der Waals surface area (Å²) in [4.78, 5) is 12.0. The smallest absolute Gasteiger partial charge is 0.267 e. The van der Waals surface area contributed by atoms with Crippen molar-refractivity contribution in [2.45, 2.75) is 38.5 Å². The van der Waals surface area contributed by atoms with Gasteiger partial charge in [-0.15, -0.1) is 0 Å². The van der Waals surface area contributed by atoms with Crippen LogP contribution < -0.4 is 0 Å². The quantitative estimate of drug-likeness (QED) is 0.783. The molecule has 0 radical (unpaired) electrons. The molecule has 0 fully saturated rings. The second kappa shape index (κ2) is 6.72. The molecular formula is C15H20N2O3S. The Bertz CT molecular complexity index is 640. The summed E-state index contributed by atoms with van der Waals surface area (Å²) in [5.74, 6) is -0.790. The standard InChI is InChI=1S/C15H20N2O3S/c1-11(2)13-5-7-14(8-6-13)21(19,20)17(10-9-16)15(18)12(3)4/h5-8,11-12H,10H2,1-4H3. The number of sulfonamides is 1. The van der Waals surface area contributed by atoms with Gasteiger partial charge in [-0.25, -0.2) is 12.7 Å². The van der Waals surface area contributed by atoms with Crippen LogP contribution >= 0.6 is 0 Å². The third kappa shape index (κ3) is 3.82. The third-order valence-corrected chi connectivity index (χ3v) is 4.85. The molecule has 0 aliphatic carbocycles. The summed E-state index contributed by atoms with van der Waals surface area (Å²) >= 11 is 0. The number of hydrogen-bond acceptors (Lipinski definition) is 4. The maximum atomic E-state index is 12.5. The van der Waals surface area contributed by atoms with Gasteiger partial charge in [0.15, 0.2) is 0 Å². The first-order valence-electron chi connectivity index (χ1n) is 6.75. The van der Waals surface area contributed by atoms with Crippen molar-refractivity contribution in [1.29, 1.82) is 5.26 Å². The van der Waals surface area contributed by atoms with Gasteiger partial charge >= 0.3 is 0 Å². The second-order valence-electron chi connectivity index (χ2n) is 5.39. The van der Waals surface area contributed by atoms with Crippen LogP contribution in [0.15, 0.2) is 29.2 Å². The number of amides is 1. The number of carbonyl (C=O) groups is 1. The molecular weight excluding hydrogens is 288 g/mol. The molecule has 0 saturated carbocycles. The Labute approximate surface area is 126 Å². The highest BCUT2D eigenvalue weighted by atomic mass is 32.2. The van der Waals surface area contributed by atoms with Crippen molar-refractivity contribution < 1.29 is 13.2 Å². The zero-order valence-electron chi connectivity index (χ0n) is 12.7. The van der Waals surface area contributed by atoms with E-state index in [1.807, 2.05) is 13.8 Å². The molecule has 1 aromatic rings. The van der Waals surface area contributed by atoms with E-state index in [2.05, 4.69) is 0 Å². The monoisotopic (exact) mass is 308 g/mol. The van der Waals surface area contributed by atoms with E-state index in [4.69, 9.17) is 5.26 Å². The molecule has 0 atom stereocenters. The fourth-order valence-electron chi connectivity index (χ4n) is 1.79. The predicted molar refractivity (Wildman–Crippen MR) is 79.9 cm³/mol. The topological polar surface area (TPSA) is 78.2 Å². The number of rotatable bonds is 5. The summed E-state index contributed by atoms with van der Waals surface area (Å²) < 4.78 is 25.6. The number of nitrogens with zero attached hydrogens (tertiary/aromatic N) is 2. The largest absolute Gasteiger partial charge is 0.273 e. The molecule has 0 spiro atoms. The minimum absolute atomic E-state index is 0.0242. The molecule has 1 aromatic carbocycles. The van der Waals surface area contributed by atoms with Crippen LogP contribution in [0.5, 0.6) is 0 Å². The molecule has 0 heterocycles. The van der Waals surface area contributed by atoms with Gasteiger partial charge in [0.1, 0.15) is 6.54 Å². The molecule has 0 aliphatic rings. The molecule has 0 aromatic heterocycles. The first-order chi connectivity index (χ1) is 9.71. The number of benzene rings is 1. The molecule has 5 nitrogen and oxygen atoms in total. The predicted octanol–water partition coefficient (Wildman–Crippen LogP) is 2.51. The normalized spacial score (nSPS) is 11.5. The lowest BCUT2D eigenvalue weighted by atomic mass is 10.0. The summed E-state index contributed by atoms with van der Waals surface area (Å²) in [6.45, 7) is 6.74. The van der Waals surface area contributed by atoms with E-state index in [-0.39, 0.29) is 10.8 Å². The molecule has 0 aliphatic heterocycles. The van der Waals surface area contributed by atoms with Gasteiger partial charge in [-0.05, 0) is 23.6 Å². The number of hydrogen-bond donors (Lipinski definition) is 0. The third-order valence-electron chi connectivity index (χ3n) is 3.09. The van der Waals surface area contributed by atoms with Crippen LogP contribution in [-0.4, -0.2) is 25.2 Å². The van der Waals surface area contributed by atoms with Gasteiger partial charge in [-0.1, -0.05) is 39.8 Å². The maximum absolute atomic E-state index is 12.5. The molecule has 0 unspecified atom stereocenters. The maximum Gasteiger partial charge on any atom is 0.267 e. The van der Waals surface area contributed by atoms with Gasteiger partial charge in [-0.3, -0.25) is 4.79 Å². The van der Waals surface area contributed by atoms with Crippen LogP contribution in [-0.2, 0) is 14.8 Å². The lowest BCUT2D eigenvalue weighted by Crippen LogP contribution is -2.39. The zero-order valence-corrected chi connectivity index (χ0v) is 13.5. The van der Waals surface area contributed by atoms with Gasteiger partial charge in [0.05, 0.1) is 11.0 Å². The summed E-state index contributed by atoms with van der Waals surface area (Å²) in [7, 11) is -3.99. The van der Waals surface area contributed by atoms with Crippen molar-refractivity contribution in [2.75, 3.05) is 6.54 Å². The first kappa shape index (κ1) is 17.2. The number of nitriles is 1. The van der Waals surface area contributed by atoms with Crippen molar-refractivity contribution in [3.8, 4) is 6.07 Å². The summed E-state index contributed by atoms with van der Waals surface area (Å²) in [5, 5.41) is 8.79. The molecule has 1 amide bonds. The fraction of sp³-hybridized carbons (Fsp3) is 0.467. The second-order valence-corrected chi connectivity index (χ2v) is 7.25. The highest BCUT2D eigenvalue weighted by Gasteiger charge is 2.30. The Morgan fingerprint density at radius 2 is 1.71 bits per heavy atom. The van der Waals surface area contributed by atoms with Crippen molar-refractivity contribution >= 4 is 15.9 Å². The van der Waals surface area contributed by atoms with E-state index < -0.39 is 28.4 Å². The molecule has 6 heteroatoms. The average molecular weight is 308 g/mol. The Morgan fingerprint density at radius 3 is 2.10 bits per heavy atom. The van der Waals surface area contributed by atoms with Crippen LogP contribution in [0.3, 0.4) is 0 Å². The highest BCUT2D eigenvalue weighted by molar-refractivity contribution is 7.89. The van der Waals surface area contributed by atoms with Crippen molar-refractivity contribution in [1.82, 2.24) is 4.31 Å². The van der Waals surface area contributed by atoms with Crippen LogP contribution in [0.25, 0.3) is 0 Å². The Kier molecular flexibility index (Phi) is 5.50. The number of carbonyl (C=O) groups excluding carboxylic acids is 1. The Hall–Kier alpha value is -1.87. The molecule has 114 valence electrons. The van der Waals surface area contributed by atoms with Crippen molar-refractivity contribution in [3.05, 3.63) is 29.8 Å². The summed E-state index contributed by atoms with van der Waals surface area (Å²) in [6.07, 6.45) is 0. The first-order valence-corrected chi connectivity index (χ1v) is 8.19. The lowest BCUT2D eigenvalue weighted by Gasteiger charge is -2.21. The van der Waals surface area contributed by atoms with Crippen LogP contribution in [0.2, 0.25) is 0 Å². The van der Waals surface area contributed by atoms with Crippen LogP contribution in [0, 0.1) is 17.2 Å². The zero-order chi connectivity index (χ0) is 16.2. The van der Waals surface area contributed by atoms with E-state index in [0.29, 0.717) is 4.31 Å². The Morgan fingerprint density at radius 1 is 1.19 bits per heavy atom. The van der Waals surface area contributed by atoms with Gasteiger partial charge < -0.3 is 0 Å². The van der Waals surface area contributed by atoms with E-state index in [0.717, 1.165) is 5.56 Å². The van der Waals surface area contributed by atoms with E-state index in [1.165, 1.54) is 12.1 Å². The Balaban J connectivity index is 3.23. The van der Waals surface area contributed by atoms with Gasteiger partial charge in [-0.2, -0.15) is 5.26 Å². The van der Waals surface area contributed by atoms with Crippen molar-refractivity contribution in [3.63, 3.8) is 0 Å². The van der Waals surface area contributed by atoms with Gasteiger partial charge in [0.2, 0.25) is 5.91 Å². The molecule has 0 bridgehead atoms. The molecule has 0 saturated heterocycles. The van der Waals surface area contributed by atoms with E-state index >= 15 is 0 Å². The lowest BCUT2D eigenvalue weighted by molar-refractivity contribution is -0.129. The van der Waals surface area contributed by atoms with Crippen molar-refractivity contribution in [2.24, 2.45) is 5.92 Å². The summed E-state index contributed by atoms with van der Waals surface area (Å²) in [6, 6.07) is 8.13. The molecule has 0 N–H and O–H groups in total. The SMILES string of the molecule is CC(C)C(=O)N(CC#N)S(=O)(=O)c1ccc(C(C)C)cc1. The fourth-order valence-corrected chi connectivity index (χ4v) is 3.20. The van der Waals surface area contributed by atoms with E-state index in [9.17, 15) is 13.2 Å². The molecule has 21 heavy (non-hydrogen) atoms. The minimum atomic E-state index is -3.99. The van der Waals surface area contributed by atoms with Crippen LogP contribution in [0.1, 0.15) is 39.2 Å². The molecule has 1 rings (SSSR count). The highest BCUT2D eigenvalue weighted by Crippen LogP contribution is 2.21. The average Bonchev–Trinajstić information content (AvgIpc) is 2.43. The van der Waals surface area contributed by atoms with E-state index in [1.54, 1.807) is 32.0 Å². The minimum Gasteiger partial charge on any atom is -0.273 e. The van der Waals surface area contributed by atoms with Gasteiger partial charge in [0.25, 0.3) is 10.0 Å². The summed E-state index contributed by atoms with van der Waals surface area (Å²) in [5.41, 5.74) is 1.01.